The molecule has 0 saturated heterocycles. The lowest BCUT2D eigenvalue weighted by molar-refractivity contribution is -0.00214. The minimum Gasteiger partial charge on any atom is -0.328 e. The van der Waals surface area contributed by atoms with E-state index in [1.165, 1.54) is 77.0 Å². The molecule has 0 aromatic carbocycles. The van der Waals surface area contributed by atoms with Crippen molar-refractivity contribution in [3.05, 3.63) is 0 Å². The topological polar surface area (TPSA) is 29.3 Å². The van der Waals surface area contributed by atoms with Crippen LogP contribution in [0.15, 0.2) is 0 Å². The standard InChI is InChI=1S/C16H30N2/c17-13-11-16(12-13)18(14-7-3-1-4-8-14)15-9-5-2-6-10-15/h13-16H,1-12,17H2. The minimum absolute atomic E-state index is 0.504. The molecule has 104 valence electrons. The van der Waals surface area contributed by atoms with Crippen molar-refractivity contribution in [3.8, 4) is 0 Å². The van der Waals surface area contributed by atoms with Crippen LogP contribution in [0.1, 0.15) is 77.0 Å². The molecule has 0 aromatic rings. The lowest BCUT2D eigenvalue weighted by Gasteiger charge is -2.51. The normalized spacial score (nSPS) is 35.7. The van der Waals surface area contributed by atoms with Gasteiger partial charge in [0.25, 0.3) is 0 Å². The number of nitrogens with two attached hydrogens (primary N) is 1. The van der Waals surface area contributed by atoms with Gasteiger partial charge in [0, 0.05) is 24.2 Å². The van der Waals surface area contributed by atoms with Gasteiger partial charge < -0.3 is 5.73 Å². The van der Waals surface area contributed by atoms with Gasteiger partial charge in [0.2, 0.25) is 0 Å². The van der Waals surface area contributed by atoms with E-state index in [0.29, 0.717) is 6.04 Å². The van der Waals surface area contributed by atoms with Crippen molar-refractivity contribution in [2.45, 2.75) is 101 Å². The van der Waals surface area contributed by atoms with Crippen molar-refractivity contribution in [2.24, 2.45) is 5.73 Å². The summed E-state index contributed by atoms with van der Waals surface area (Å²) in [5.74, 6) is 0. The Labute approximate surface area is 112 Å². The summed E-state index contributed by atoms with van der Waals surface area (Å²) in [5, 5.41) is 0. The van der Waals surface area contributed by atoms with E-state index in [1.807, 2.05) is 0 Å². The number of hydrogen-bond donors (Lipinski definition) is 1. The Balaban J connectivity index is 1.65. The molecule has 3 aliphatic carbocycles. The molecule has 0 heterocycles. The summed E-state index contributed by atoms with van der Waals surface area (Å²) >= 11 is 0. The van der Waals surface area contributed by atoms with Gasteiger partial charge >= 0.3 is 0 Å². The Kier molecular flexibility index (Phi) is 4.25. The van der Waals surface area contributed by atoms with Crippen LogP contribution in [0.5, 0.6) is 0 Å². The molecule has 2 N–H and O–H groups in total. The fourth-order valence-electron chi connectivity index (χ4n) is 4.53. The highest BCUT2D eigenvalue weighted by Gasteiger charge is 2.39. The lowest BCUT2D eigenvalue weighted by Crippen LogP contribution is -2.58. The average Bonchev–Trinajstić information content (AvgIpc) is 2.40. The van der Waals surface area contributed by atoms with Crippen molar-refractivity contribution < 1.29 is 0 Å². The van der Waals surface area contributed by atoms with Crippen LogP contribution in [-0.2, 0) is 0 Å². The maximum absolute atomic E-state index is 6.04. The molecule has 0 atom stereocenters. The molecule has 0 aromatic heterocycles. The molecule has 0 radical (unpaired) electrons. The third-order valence-corrected chi connectivity index (χ3v) is 5.56. The Morgan fingerprint density at radius 2 is 1.06 bits per heavy atom. The maximum atomic E-state index is 6.04. The molecular formula is C16H30N2. The van der Waals surface area contributed by atoms with E-state index in [2.05, 4.69) is 4.90 Å². The van der Waals surface area contributed by atoms with Gasteiger partial charge in [-0.1, -0.05) is 38.5 Å². The number of rotatable bonds is 3. The highest BCUT2D eigenvalue weighted by atomic mass is 15.2. The van der Waals surface area contributed by atoms with Crippen LogP contribution in [-0.4, -0.2) is 29.1 Å². The van der Waals surface area contributed by atoms with Crippen LogP contribution in [0.2, 0.25) is 0 Å². The first kappa shape index (κ1) is 12.9. The zero-order valence-electron chi connectivity index (χ0n) is 11.8. The summed E-state index contributed by atoms with van der Waals surface area (Å²) < 4.78 is 0. The summed E-state index contributed by atoms with van der Waals surface area (Å²) in [4.78, 5) is 2.96. The zero-order valence-corrected chi connectivity index (χ0v) is 11.8. The molecule has 2 heteroatoms. The van der Waals surface area contributed by atoms with E-state index in [4.69, 9.17) is 5.73 Å². The van der Waals surface area contributed by atoms with Crippen molar-refractivity contribution >= 4 is 0 Å². The quantitative estimate of drug-likeness (QED) is 0.831. The highest BCUT2D eigenvalue weighted by Crippen LogP contribution is 2.36. The Bertz CT molecular complexity index is 230. The van der Waals surface area contributed by atoms with Gasteiger partial charge in [-0.05, 0) is 38.5 Å². The first-order valence-corrected chi connectivity index (χ1v) is 8.37. The second-order valence-corrected chi connectivity index (χ2v) is 6.92. The third kappa shape index (κ3) is 2.75. The first-order valence-electron chi connectivity index (χ1n) is 8.37. The van der Waals surface area contributed by atoms with Crippen LogP contribution in [0.25, 0.3) is 0 Å². The van der Waals surface area contributed by atoms with E-state index in [-0.39, 0.29) is 0 Å². The molecule has 3 rings (SSSR count). The zero-order chi connectivity index (χ0) is 12.4. The molecule has 0 bridgehead atoms. The van der Waals surface area contributed by atoms with Crippen LogP contribution >= 0.6 is 0 Å². The Morgan fingerprint density at radius 1 is 0.611 bits per heavy atom. The predicted molar refractivity (Wildman–Crippen MR) is 76.6 cm³/mol. The van der Waals surface area contributed by atoms with Crippen LogP contribution < -0.4 is 5.73 Å². The van der Waals surface area contributed by atoms with Crippen LogP contribution in [0.4, 0.5) is 0 Å². The Morgan fingerprint density at radius 3 is 1.44 bits per heavy atom. The van der Waals surface area contributed by atoms with Gasteiger partial charge in [-0.25, -0.2) is 0 Å². The molecule has 3 fully saturated rings. The predicted octanol–water partition coefficient (Wildman–Crippen LogP) is 3.44. The van der Waals surface area contributed by atoms with Crippen molar-refractivity contribution in [3.63, 3.8) is 0 Å². The second kappa shape index (κ2) is 5.92. The fraction of sp³-hybridized carbons (Fsp3) is 1.00. The molecule has 0 amide bonds. The van der Waals surface area contributed by atoms with Crippen molar-refractivity contribution in [1.29, 1.82) is 0 Å². The van der Waals surface area contributed by atoms with Crippen LogP contribution in [0.3, 0.4) is 0 Å². The lowest BCUT2D eigenvalue weighted by atomic mass is 9.80. The second-order valence-electron chi connectivity index (χ2n) is 6.92. The highest BCUT2D eigenvalue weighted by molar-refractivity contribution is 4.96. The van der Waals surface area contributed by atoms with Gasteiger partial charge in [0.05, 0.1) is 0 Å². The molecule has 0 spiro atoms. The van der Waals surface area contributed by atoms with Crippen molar-refractivity contribution in [1.82, 2.24) is 4.90 Å². The summed E-state index contributed by atoms with van der Waals surface area (Å²) in [5.41, 5.74) is 6.04. The van der Waals surface area contributed by atoms with E-state index >= 15 is 0 Å². The first-order chi connectivity index (χ1) is 8.84. The molecule has 2 nitrogen and oxygen atoms in total. The number of hydrogen-bond acceptors (Lipinski definition) is 2. The van der Waals surface area contributed by atoms with Gasteiger partial charge in [0.1, 0.15) is 0 Å². The molecule has 0 unspecified atom stereocenters. The molecule has 18 heavy (non-hydrogen) atoms. The minimum atomic E-state index is 0.504. The summed E-state index contributed by atoms with van der Waals surface area (Å²) in [7, 11) is 0. The maximum Gasteiger partial charge on any atom is 0.0131 e. The smallest absolute Gasteiger partial charge is 0.0131 e. The summed E-state index contributed by atoms with van der Waals surface area (Å²) in [6.45, 7) is 0. The SMILES string of the molecule is NC1CC(N(C2CCCCC2)C2CCCCC2)C1. The monoisotopic (exact) mass is 250 g/mol. The van der Waals surface area contributed by atoms with E-state index in [9.17, 15) is 0 Å². The number of nitrogens with zero attached hydrogens (tertiary/aromatic N) is 1. The van der Waals surface area contributed by atoms with Crippen molar-refractivity contribution in [2.75, 3.05) is 0 Å². The molecule has 3 saturated carbocycles. The molecular weight excluding hydrogens is 220 g/mol. The van der Waals surface area contributed by atoms with Gasteiger partial charge in [-0.3, -0.25) is 4.90 Å². The molecule has 3 aliphatic rings. The fourth-order valence-corrected chi connectivity index (χ4v) is 4.53. The van der Waals surface area contributed by atoms with Gasteiger partial charge in [-0.2, -0.15) is 0 Å². The van der Waals surface area contributed by atoms with E-state index < -0.39 is 0 Å². The summed E-state index contributed by atoms with van der Waals surface area (Å²) in [6, 6.07) is 3.15. The average molecular weight is 250 g/mol. The molecule has 0 aliphatic heterocycles. The summed E-state index contributed by atoms with van der Waals surface area (Å²) in [6.07, 6.45) is 17.2. The Hall–Kier alpha value is -0.0800. The van der Waals surface area contributed by atoms with Gasteiger partial charge in [0.15, 0.2) is 0 Å². The largest absolute Gasteiger partial charge is 0.328 e. The van der Waals surface area contributed by atoms with Crippen LogP contribution in [0, 0.1) is 0 Å². The third-order valence-electron chi connectivity index (χ3n) is 5.56. The van der Waals surface area contributed by atoms with E-state index in [1.54, 1.807) is 0 Å². The van der Waals surface area contributed by atoms with Gasteiger partial charge in [-0.15, -0.1) is 0 Å². The van der Waals surface area contributed by atoms with E-state index in [0.717, 1.165) is 18.1 Å².